The Labute approximate surface area is 131 Å². The first-order valence-electron chi connectivity index (χ1n) is 7.66. The quantitative estimate of drug-likeness (QED) is 0.800. The molecule has 0 aliphatic carbocycles. The number of anilines is 1. The Morgan fingerprint density at radius 3 is 2.64 bits per heavy atom. The Hall–Kier alpha value is -2.17. The number of aromatic nitrogens is 3. The summed E-state index contributed by atoms with van der Waals surface area (Å²) in [5.41, 5.74) is 5.30. The van der Waals surface area contributed by atoms with E-state index in [9.17, 15) is 0 Å². The summed E-state index contributed by atoms with van der Waals surface area (Å²) in [5.74, 6) is 0.545. The van der Waals surface area contributed by atoms with Crippen LogP contribution in [0.1, 0.15) is 49.8 Å². The van der Waals surface area contributed by atoms with E-state index in [-0.39, 0.29) is 5.54 Å². The van der Waals surface area contributed by atoms with Gasteiger partial charge < -0.3 is 4.90 Å². The Morgan fingerprint density at radius 1 is 1.27 bits per heavy atom. The third kappa shape index (κ3) is 2.51. The molecule has 5 nitrogen and oxygen atoms in total. The molecule has 0 radical (unpaired) electrons. The van der Waals surface area contributed by atoms with E-state index in [0.717, 1.165) is 12.0 Å². The van der Waals surface area contributed by atoms with Crippen LogP contribution in [0.25, 0.3) is 0 Å². The molecular weight excluding hydrogens is 274 g/mol. The second-order valence-electron chi connectivity index (χ2n) is 6.83. The van der Waals surface area contributed by atoms with Gasteiger partial charge in [0.1, 0.15) is 12.7 Å². The molecule has 1 aromatic carbocycles. The van der Waals surface area contributed by atoms with Crippen molar-refractivity contribution in [2.75, 3.05) is 11.9 Å². The van der Waals surface area contributed by atoms with E-state index in [1.54, 1.807) is 17.3 Å². The molecule has 0 saturated carbocycles. The van der Waals surface area contributed by atoms with Gasteiger partial charge in [-0.2, -0.15) is 5.10 Å². The molecule has 0 bridgehead atoms. The number of rotatable bonds is 2. The van der Waals surface area contributed by atoms with Crippen molar-refractivity contribution in [3.05, 3.63) is 41.5 Å². The Morgan fingerprint density at radius 2 is 1.95 bits per heavy atom. The largest absolute Gasteiger partial charge is 0.369 e. The summed E-state index contributed by atoms with van der Waals surface area (Å²) in [6.45, 7) is 9.06. The van der Waals surface area contributed by atoms with Crippen molar-refractivity contribution in [1.82, 2.24) is 14.9 Å². The SMILES string of the molecule is Cc1cc2c(cc1/C=N\n1cnnc1)C(C)CC(C)(C)N2C. The summed E-state index contributed by atoms with van der Waals surface area (Å²) in [4.78, 5) is 2.40. The fraction of sp³-hybridized carbons (Fsp3) is 0.471. The monoisotopic (exact) mass is 297 g/mol. The lowest BCUT2D eigenvalue weighted by Gasteiger charge is -2.45. The predicted octanol–water partition coefficient (Wildman–Crippen LogP) is 3.19. The summed E-state index contributed by atoms with van der Waals surface area (Å²) in [6.07, 6.45) is 6.21. The molecule has 1 atom stereocenters. The predicted molar refractivity (Wildman–Crippen MR) is 89.7 cm³/mol. The minimum atomic E-state index is 0.191. The first-order valence-corrected chi connectivity index (χ1v) is 7.66. The molecule has 22 heavy (non-hydrogen) atoms. The van der Waals surface area contributed by atoms with E-state index in [2.05, 4.69) is 67.1 Å². The van der Waals surface area contributed by atoms with Crippen LogP contribution in [0.4, 0.5) is 5.69 Å². The number of fused-ring (bicyclic) bond motifs is 1. The van der Waals surface area contributed by atoms with Gasteiger partial charge in [-0.25, -0.2) is 4.68 Å². The minimum Gasteiger partial charge on any atom is -0.369 e. The van der Waals surface area contributed by atoms with Crippen molar-refractivity contribution in [1.29, 1.82) is 0 Å². The van der Waals surface area contributed by atoms with E-state index in [1.807, 2.05) is 6.21 Å². The van der Waals surface area contributed by atoms with E-state index in [0.29, 0.717) is 5.92 Å². The average Bonchev–Trinajstić information content (AvgIpc) is 2.96. The van der Waals surface area contributed by atoms with Gasteiger partial charge in [0.15, 0.2) is 0 Å². The van der Waals surface area contributed by atoms with Gasteiger partial charge in [-0.15, -0.1) is 10.2 Å². The average molecular weight is 297 g/mol. The highest BCUT2D eigenvalue weighted by molar-refractivity contribution is 5.84. The maximum Gasteiger partial charge on any atom is 0.141 e. The molecule has 1 aromatic heterocycles. The first-order chi connectivity index (χ1) is 10.4. The van der Waals surface area contributed by atoms with Crippen molar-refractivity contribution >= 4 is 11.9 Å². The maximum atomic E-state index is 4.37. The zero-order valence-electron chi connectivity index (χ0n) is 13.9. The summed E-state index contributed by atoms with van der Waals surface area (Å²) < 4.78 is 1.61. The van der Waals surface area contributed by atoms with Crippen LogP contribution in [-0.2, 0) is 0 Å². The maximum absolute atomic E-state index is 4.37. The van der Waals surface area contributed by atoms with Crippen LogP contribution < -0.4 is 4.90 Å². The van der Waals surface area contributed by atoms with Crippen molar-refractivity contribution in [2.45, 2.75) is 45.6 Å². The third-order valence-electron chi connectivity index (χ3n) is 4.76. The van der Waals surface area contributed by atoms with Gasteiger partial charge in [-0.1, -0.05) is 6.92 Å². The van der Waals surface area contributed by atoms with Gasteiger partial charge in [0.25, 0.3) is 0 Å². The summed E-state index contributed by atoms with van der Waals surface area (Å²) >= 11 is 0. The van der Waals surface area contributed by atoms with E-state index < -0.39 is 0 Å². The number of benzene rings is 1. The molecule has 1 unspecified atom stereocenters. The van der Waals surface area contributed by atoms with E-state index in [1.165, 1.54) is 16.8 Å². The van der Waals surface area contributed by atoms with Crippen LogP contribution in [0.2, 0.25) is 0 Å². The lowest BCUT2D eigenvalue weighted by Crippen LogP contribution is -2.45. The Kier molecular flexibility index (Phi) is 3.51. The van der Waals surface area contributed by atoms with Gasteiger partial charge in [-0.3, -0.25) is 0 Å². The number of aryl methyl sites for hydroxylation is 1. The lowest BCUT2D eigenvalue weighted by molar-refractivity contribution is 0.395. The molecule has 2 aromatic rings. The zero-order chi connectivity index (χ0) is 15.9. The Balaban J connectivity index is 2.01. The van der Waals surface area contributed by atoms with Crippen molar-refractivity contribution in [3.63, 3.8) is 0 Å². The number of hydrogen-bond acceptors (Lipinski definition) is 4. The van der Waals surface area contributed by atoms with Gasteiger partial charge in [0, 0.05) is 18.3 Å². The standard InChI is InChI=1S/C17H23N5/c1-12-6-16-15(13(2)8-17(3,4)21(16)5)7-14(12)9-20-22-10-18-19-11-22/h6-7,9-11,13H,8H2,1-5H3/b20-9-. The highest BCUT2D eigenvalue weighted by atomic mass is 15.4. The van der Waals surface area contributed by atoms with Crippen LogP contribution >= 0.6 is 0 Å². The van der Waals surface area contributed by atoms with Gasteiger partial charge in [-0.05, 0) is 61.9 Å². The summed E-state index contributed by atoms with van der Waals surface area (Å²) in [7, 11) is 2.19. The minimum absolute atomic E-state index is 0.191. The van der Waals surface area contributed by atoms with Gasteiger partial charge in [0.2, 0.25) is 0 Å². The highest BCUT2D eigenvalue weighted by Gasteiger charge is 2.34. The molecule has 0 N–H and O–H groups in total. The normalized spacial score (nSPS) is 20.4. The summed E-state index contributed by atoms with van der Waals surface area (Å²) in [5, 5.41) is 11.9. The zero-order valence-corrected chi connectivity index (χ0v) is 13.9. The van der Waals surface area contributed by atoms with Crippen LogP contribution in [0.3, 0.4) is 0 Å². The van der Waals surface area contributed by atoms with Crippen molar-refractivity contribution < 1.29 is 0 Å². The van der Waals surface area contributed by atoms with Crippen LogP contribution in [0.5, 0.6) is 0 Å². The van der Waals surface area contributed by atoms with E-state index in [4.69, 9.17) is 0 Å². The topological polar surface area (TPSA) is 46.3 Å². The molecule has 0 saturated heterocycles. The molecule has 0 fully saturated rings. The molecule has 0 spiro atoms. The molecule has 1 aliphatic heterocycles. The fourth-order valence-corrected chi connectivity index (χ4v) is 3.26. The van der Waals surface area contributed by atoms with Gasteiger partial charge in [0.05, 0.1) is 6.21 Å². The molecule has 2 heterocycles. The van der Waals surface area contributed by atoms with Crippen LogP contribution in [-0.4, -0.2) is 33.7 Å². The molecule has 116 valence electrons. The lowest BCUT2D eigenvalue weighted by atomic mass is 9.79. The fourth-order valence-electron chi connectivity index (χ4n) is 3.26. The second-order valence-corrected chi connectivity index (χ2v) is 6.83. The molecule has 5 heteroatoms. The summed E-state index contributed by atoms with van der Waals surface area (Å²) in [6, 6.07) is 4.55. The van der Waals surface area contributed by atoms with Gasteiger partial charge >= 0.3 is 0 Å². The smallest absolute Gasteiger partial charge is 0.141 e. The van der Waals surface area contributed by atoms with Crippen molar-refractivity contribution in [3.8, 4) is 0 Å². The first kappa shape index (κ1) is 14.8. The molecule has 1 aliphatic rings. The van der Waals surface area contributed by atoms with Crippen LogP contribution in [0.15, 0.2) is 29.9 Å². The van der Waals surface area contributed by atoms with E-state index >= 15 is 0 Å². The number of nitrogens with zero attached hydrogens (tertiary/aromatic N) is 5. The third-order valence-corrected chi connectivity index (χ3v) is 4.76. The Bertz CT molecular complexity index is 700. The molecule has 0 amide bonds. The highest BCUT2D eigenvalue weighted by Crippen LogP contribution is 2.43. The second kappa shape index (κ2) is 5.23. The van der Waals surface area contributed by atoms with Crippen molar-refractivity contribution in [2.24, 2.45) is 5.10 Å². The molecule has 3 rings (SSSR count). The molecular formula is C17H23N5. The number of hydrogen-bond donors (Lipinski definition) is 0. The van der Waals surface area contributed by atoms with Crippen LogP contribution in [0, 0.1) is 6.92 Å².